The van der Waals surface area contributed by atoms with Gasteiger partial charge in [0, 0.05) is 29.7 Å². The number of benzene rings is 2. The largest absolute Gasteiger partial charge is 0.372 e. The van der Waals surface area contributed by atoms with Gasteiger partial charge >= 0.3 is 0 Å². The van der Waals surface area contributed by atoms with E-state index in [1.165, 1.54) is 0 Å². The van der Waals surface area contributed by atoms with Crippen molar-refractivity contribution in [3.63, 3.8) is 0 Å². The van der Waals surface area contributed by atoms with Crippen molar-refractivity contribution in [3.05, 3.63) is 103 Å². The van der Waals surface area contributed by atoms with Crippen LogP contribution in [0.5, 0.6) is 0 Å². The number of aromatic nitrogens is 4. The number of anilines is 1. The summed E-state index contributed by atoms with van der Waals surface area (Å²) in [7, 11) is 0. The van der Waals surface area contributed by atoms with Crippen LogP contribution in [0.4, 0.5) is 5.82 Å². The molecule has 0 spiro atoms. The van der Waals surface area contributed by atoms with Gasteiger partial charge in [0.1, 0.15) is 5.82 Å². The van der Waals surface area contributed by atoms with E-state index in [1.54, 1.807) is 18.6 Å². The lowest BCUT2D eigenvalue weighted by molar-refractivity contribution is 0.164. The summed E-state index contributed by atoms with van der Waals surface area (Å²) in [6.07, 6.45) is 5.28. The quantitative estimate of drug-likeness (QED) is 0.383. The van der Waals surface area contributed by atoms with E-state index in [0.717, 1.165) is 44.7 Å². The molecule has 4 heterocycles. The van der Waals surface area contributed by atoms with E-state index in [-0.39, 0.29) is 0 Å². The molecular weight excluding hydrogens is 438 g/mol. The third-order valence-corrected chi connectivity index (χ3v) is 5.70. The second kappa shape index (κ2) is 9.18. The molecule has 2 aromatic carbocycles. The number of fused-ring (bicyclic) bond motifs is 1. The first-order chi connectivity index (χ1) is 17.3. The molecule has 0 unspecified atom stereocenters. The van der Waals surface area contributed by atoms with E-state index in [1.807, 2.05) is 54.6 Å². The molecule has 2 N–H and O–H groups in total. The van der Waals surface area contributed by atoms with Crippen molar-refractivity contribution in [1.29, 1.82) is 0 Å². The van der Waals surface area contributed by atoms with Crippen LogP contribution < -0.4 is 10.6 Å². The standard InChI is InChI=1S/C27H21N7O/c1-2-7-18(8-3-1)22-10-6-11-23-24(22)27(30-16-21-9-4-5-12-29-21)33-26(32-23)20-13-19(14-28-15-20)25-31-17-35-34-25/h1-15H,16-17H2,(H,31,34)(H,30,32,33). The van der Waals surface area contributed by atoms with Crippen molar-refractivity contribution in [2.45, 2.75) is 6.54 Å². The van der Waals surface area contributed by atoms with E-state index in [9.17, 15) is 0 Å². The minimum atomic E-state index is 0.343. The molecule has 0 atom stereocenters. The minimum absolute atomic E-state index is 0.343. The molecule has 0 amide bonds. The zero-order valence-corrected chi connectivity index (χ0v) is 18.7. The Morgan fingerprint density at radius 1 is 0.857 bits per heavy atom. The first-order valence-electron chi connectivity index (χ1n) is 11.2. The van der Waals surface area contributed by atoms with Gasteiger partial charge in [-0.25, -0.2) is 9.97 Å². The van der Waals surface area contributed by atoms with E-state index in [0.29, 0.717) is 24.9 Å². The second-order valence-corrected chi connectivity index (χ2v) is 7.99. The van der Waals surface area contributed by atoms with Crippen LogP contribution in [0.2, 0.25) is 0 Å². The maximum Gasteiger partial charge on any atom is 0.188 e. The van der Waals surface area contributed by atoms with Gasteiger partial charge in [0.05, 0.1) is 23.1 Å². The van der Waals surface area contributed by atoms with Crippen LogP contribution in [-0.4, -0.2) is 32.5 Å². The Morgan fingerprint density at radius 2 is 1.74 bits per heavy atom. The highest BCUT2D eigenvalue weighted by Crippen LogP contribution is 2.34. The third-order valence-electron chi connectivity index (χ3n) is 5.70. The molecule has 0 radical (unpaired) electrons. The van der Waals surface area contributed by atoms with E-state index >= 15 is 0 Å². The van der Waals surface area contributed by atoms with Gasteiger partial charge in [0.2, 0.25) is 0 Å². The molecule has 0 bridgehead atoms. The average Bonchev–Trinajstić information content (AvgIpc) is 3.48. The van der Waals surface area contributed by atoms with Crippen LogP contribution in [0, 0.1) is 0 Å². The van der Waals surface area contributed by atoms with Gasteiger partial charge in [-0.15, -0.1) is 0 Å². The molecule has 0 fully saturated rings. The lowest BCUT2D eigenvalue weighted by atomic mass is 10.0. The fourth-order valence-corrected chi connectivity index (χ4v) is 4.05. The number of rotatable bonds is 6. The van der Waals surface area contributed by atoms with E-state index in [4.69, 9.17) is 14.8 Å². The number of nitrogens with zero attached hydrogens (tertiary/aromatic N) is 5. The molecule has 8 heteroatoms. The highest BCUT2D eigenvalue weighted by Gasteiger charge is 2.16. The first kappa shape index (κ1) is 20.7. The molecule has 0 saturated carbocycles. The molecule has 0 aliphatic carbocycles. The van der Waals surface area contributed by atoms with Crippen molar-refractivity contribution in [2.24, 2.45) is 5.16 Å². The highest BCUT2D eigenvalue weighted by atomic mass is 16.6. The van der Waals surface area contributed by atoms with E-state index < -0.39 is 0 Å². The second-order valence-electron chi connectivity index (χ2n) is 7.99. The predicted molar refractivity (Wildman–Crippen MR) is 135 cm³/mol. The Balaban J connectivity index is 1.49. The van der Waals surface area contributed by atoms with E-state index in [2.05, 4.69) is 44.0 Å². The Bertz CT molecular complexity index is 1520. The average molecular weight is 460 g/mol. The number of pyridine rings is 2. The summed E-state index contributed by atoms with van der Waals surface area (Å²) < 4.78 is 0. The van der Waals surface area contributed by atoms with Crippen molar-refractivity contribution < 1.29 is 4.84 Å². The Labute approximate surface area is 201 Å². The van der Waals surface area contributed by atoms with Crippen molar-refractivity contribution >= 4 is 22.6 Å². The minimum Gasteiger partial charge on any atom is -0.372 e. The van der Waals surface area contributed by atoms with Gasteiger partial charge in [-0.05, 0) is 35.4 Å². The molecule has 170 valence electrons. The Morgan fingerprint density at radius 3 is 2.57 bits per heavy atom. The number of nitrogens with one attached hydrogen (secondary N) is 2. The summed E-state index contributed by atoms with van der Waals surface area (Å²) in [5.41, 5.74) is 5.52. The van der Waals surface area contributed by atoms with Crippen LogP contribution in [0.15, 0.2) is 96.5 Å². The molecule has 5 aromatic rings. The number of hydrogen-bond donors (Lipinski definition) is 2. The fourth-order valence-electron chi connectivity index (χ4n) is 4.05. The summed E-state index contributed by atoms with van der Waals surface area (Å²) in [6, 6.07) is 24.2. The molecule has 0 saturated heterocycles. The maximum absolute atomic E-state index is 5.06. The molecule has 3 aromatic heterocycles. The third kappa shape index (κ3) is 4.24. The van der Waals surface area contributed by atoms with Crippen LogP contribution in [-0.2, 0) is 11.4 Å². The first-order valence-corrected chi connectivity index (χ1v) is 11.2. The van der Waals surface area contributed by atoms with Crippen molar-refractivity contribution in [1.82, 2.24) is 25.3 Å². The zero-order chi connectivity index (χ0) is 23.5. The zero-order valence-electron chi connectivity index (χ0n) is 18.7. The smallest absolute Gasteiger partial charge is 0.188 e. The summed E-state index contributed by atoms with van der Waals surface area (Å²) in [5, 5.41) is 11.6. The van der Waals surface area contributed by atoms with Gasteiger partial charge in [0.15, 0.2) is 18.4 Å². The lowest BCUT2D eigenvalue weighted by Gasteiger charge is -2.14. The molecule has 35 heavy (non-hydrogen) atoms. The number of amidine groups is 1. The molecule has 1 aliphatic rings. The molecular formula is C27H21N7O. The van der Waals surface area contributed by atoms with Gasteiger partial charge in [-0.3, -0.25) is 9.97 Å². The summed E-state index contributed by atoms with van der Waals surface area (Å²) in [5.74, 6) is 1.94. The van der Waals surface area contributed by atoms with Gasteiger partial charge in [-0.2, -0.15) is 0 Å². The molecule has 8 nitrogen and oxygen atoms in total. The lowest BCUT2D eigenvalue weighted by Crippen LogP contribution is -2.19. The van der Waals surface area contributed by atoms with Crippen molar-refractivity contribution in [2.75, 3.05) is 12.0 Å². The normalized spacial score (nSPS) is 12.6. The topological polar surface area (TPSA) is 97.2 Å². The molecule has 1 aliphatic heterocycles. The predicted octanol–water partition coefficient (Wildman–Crippen LogP) is 4.60. The fraction of sp³-hybridized carbons (Fsp3) is 0.0741. The molecule has 6 rings (SSSR count). The van der Waals surface area contributed by atoms with Gasteiger partial charge in [-0.1, -0.05) is 53.7 Å². The Kier molecular flexibility index (Phi) is 5.44. The SMILES string of the molecule is c1ccc(-c2cccc3nc(-c4cncc(C5=NOCN5)c4)nc(NCc4ccccn4)c23)cc1. The monoisotopic (exact) mass is 459 g/mol. The van der Waals surface area contributed by atoms with Crippen LogP contribution in [0.3, 0.4) is 0 Å². The van der Waals surface area contributed by atoms with Gasteiger partial charge < -0.3 is 15.5 Å². The van der Waals surface area contributed by atoms with Crippen LogP contribution >= 0.6 is 0 Å². The summed E-state index contributed by atoms with van der Waals surface area (Å²) >= 11 is 0. The summed E-state index contributed by atoms with van der Waals surface area (Å²) in [6.45, 7) is 0.877. The van der Waals surface area contributed by atoms with Crippen LogP contribution in [0.1, 0.15) is 11.3 Å². The maximum atomic E-state index is 5.06. The van der Waals surface area contributed by atoms with Crippen molar-refractivity contribution in [3.8, 4) is 22.5 Å². The Hall–Kier alpha value is -4.85. The number of hydrogen-bond acceptors (Lipinski definition) is 8. The highest BCUT2D eigenvalue weighted by molar-refractivity contribution is 6.03. The van der Waals surface area contributed by atoms with Gasteiger partial charge in [0.25, 0.3) is 0 Å². The number of oxime groups is 1. The van der Waals surface area contributed by atoms with Crippen LogP contribution in [0.25, 0.3) is 33.4 Å². The summed E-state index contributed by atoms with van der Waals surface area (Å²) in [4.78, 5) is 23.8.